The second-order valence-electron chi connectivity index (χ2n) is 6.68. The number of benzene rings is 2. The average molecular weight is 369 g/mol. The number of aryl methyl sites for hydroxylation is 1. The van der Waals surface area contributed by atoms with Crippen LogP contribution in [0.15, 0.2) is 67.1 Å². The minimum atomic E-state index is -0.297. The molecule has 0 bridgehead atoms. The minimum absolute atomic E-state index is 0.297. The molecule has 0 unspecified atom stereocenters. The molecule has 3 heterocycles. The van der Waals surface area contributed by atoms with Crippen LogP contribution in [-0.2, 0) is 0 Å². The van der Waals surface area contributed by atoms with Gasteiger partial charge in [-0.2, -0.15) is 0 Å². The Morgan fingerprint density at radius 2 is 1.71 bits per heavy atom. The average Bonchev–Trinajstić information content (AvgIpc) is 3.19. The Balaban J connectivity index is 1.86. The van der Waals surface area contributed by atoms with Crippen LogP contribution in [0.1, 0.15) is 5.56 Å². The highest BCUT2D eigenvalue weighted by Gasteiger charge is 2.17. The Morgan fingerprint density at radius 3 is 2.54 bits per heavy atom. The van der Waals surface area contributed by atoms with Crippen molar-refractivity contribution in [1.29, 1.82) is 0 Å². The number of nitrogen functional groups attached to an aromatic ring is 1. The standard InChI is InChI=1S/C22H16FN5/c1-13-8-9-25-18-7-4-15(12-17(13)18)20-19(14-2-5-16(23)6-3-14)27-21(24)22-26-10-11-28(20)22/h2-12H,1H3,(H2,24,27). The van der Waals surface area contributed by atoms with E-state index in [0.29, 0.717) is 17.2 Å². The molecule has 2 aromatic carbocycles. The van der Waals surface area contributed by atoms with Gasteiger partial charge in [-0.3, -0.25) is 9.38 Å². The van der Waals surface area contributed by atoms with Crippen LogP contribution in [0.5, 0.6) is 0 Å². The quantitative estimate of drug-likeness (QED) is 0.492. The van der Waals surface area contributed by atoms with Crippen molar-refractivity contribution < 1.29 is 4.39 Å². The molecule has 0 aliphatic rings. The zero-order valence-corrected chi connectivity index (χ0v) is 15.1. The number of hydrogen-bond acceptors (Lipinski definition) is 4. The molecular weight excluding hydrogens is 353 g/mol. The van der Waals surface area contributed by atoms with E-state index in [0.717, 1.165) is 33.3 Å². The van der Waals surface area contributed by atoms with E-state index in [1.54, 1.807) is 24.5 Å². The minimum Gasteiger partial charge on any atom is -0.381 e. The molecule has 0 radical (unpaired) electrons. The highest BCUT2D eigenvalue weighted by molar-refractivity contribution is 5.90. The summed E-state index contributed by atoms with van der Waals surface area (Å²) in [5, 5.41) is 1.06. The molecule has 5 nitrogen and oxygen atoms in total. The summed E-state index contributed by atoms with van der Waals surface area (Å²) in [4.78, 5) is 13.4. The lowest BCUT2D eigenvalue weighted by molar-refractivity contribution is 0.628. The smallest absolute Gasteiger partial charge is 0.180 e. The summed E-state index contributed by atoms with van der Waals surface area (Å²) in [7, 11) is 0. The van der Waals surface area contributed by atoms with Crippen molar-refractivity contribution in [2.45, 2.75) is 6.92 Å². The summed E-state index contributed by atoms with van der Waals surface area (Å²) < 4.78 is 15.4. The Labute approximate surface area is 160 Å². The third kappa shape index (κ3) is 2.50. The number of anilines is 1. The fourth-order valence-electron chi connectivity index (χ4n) is 3.53. The molecule has 5 rings (SSSR count). The maximum absolute atomic E-state index is 13.5. The van der Waals surface area contributed by atoms with Gasteiger partial charge in [0, 0.05) is 35.1 Å². The van der Waals surface area contributed by atoms with E-state index in [4.69, 9.17) is 5.73 Å². The largest absolute Gasteiger partial charge is 0.381 e. The third-order valence-electron chi connectivity index (χ3n) is 4.92. The van der Waals surface area contributed by atoms with E-state index in [9.17, 15) is 4.39 Å². The Bertz CT molecular complexity index is 1340. The van der Waals surface area contributed by atoms with Gasteiger partial charge < -0.3 is 5.73 Å². The van der Waals surface area contributed by atoms with Crippen molar-refractivity contribution >= 4 is 22.4 Å². The van der Waals surface area contributed by atoms with Crippen LogP contribution in [0, 0.1) is 12.7 Å². The molecule has 0 spiro atoms. The van der Waals surface area contributed by atoms with Crippen LogP contribution < -0.4 is 5.73 Å². The van der Waals surface area contributed by atoms with E-state index < -0.39 is 0 Å². The first-order valence-corrected chi connectivity index (χ1v) is 8.86. The normalized spacial score (nSPS) is 11.4. The van der Waals surface area contributed by atoms with Crippen LogP contribution in [0.2, 0.25) is 0 Å². The SMILES string of the molecule is Cc1ccnc2ccc(-c3c(-c4ccc(F)cc4)nc(N)c4nccn34)cc12. The molecule has 0 aliphatic carbocycles. The van der Waals surface area contributed by atoms with E-state index in [2.05, 4.69) is 27.9 Å². The topological polar surface area (TPSA) is 69.1 Å². The van der Waals surface area contributed by atoms with Gasteiger partial charge in [-0.05, 0) is 55.0 Å². The maximum Gasteiger partial charge on any atom is 0.180 e. The van der Waals surface area contributed by atoms with Gasteiger partial charge in [-0.1, -0.05) is 6.07 Å². The summed E-state index contributed by atoms with van der Waals surface area (Å²) in [6.45, 7) is 2.06. The number of nitrogens with zero attached hydrogens (tertiary/aromatic N) is 4. The molecule has 0 saturated carbocycles. The summed E-state index contributed by atoms with van der Waals surface area (Å²) in [5.41, 5.74) is 12.1. The lowest BCUT2D eigenvalue weighted by Crippen LogP contribution is -2.03. The second-order valence-corrected chi connectivity index (χ2v) is 6.68. The van der Waals surface area contributed by atoms with Crippen molar-refractivity contribution in [3.63, 3.8) is 0 Å². The van der Waals surface area contributed by atoms with Crippen molar-refractivity contribution in [3.05, 3.63) is 78.5 Å². The van der Waals surface area contributed by atoms with E-state index in [1.165, 1.54) is 12.1 Å². The highest BCUT2D eigenvalue weighted by atomic mass is 19.1. The predicted molar refractivity (Wildman–Crippen MR) is 108 cm³/mol. The lowest BCUT2D eigenvalue weighted by Gasteiger charge is -2.14. The van der Waals surface area contributed by atoms with Crippen molar-refractivity contribution in [2.24, 2.45) is 0 Å². The zero-order chi connectivity index (χ0) is 19.3. The van der Waals surface area contributed by atoms with Crippen LogP contribution >= 0.6 is 0 Å². The Morgan fingerprint density at radius 1 is 0.929 bits per heavy atom. The van der Waals surface area contributed by atoms with Gasteiger partial charge in [-0.25, -0.2) is 14.4 Å². The number of pyridine rings is 1. The molecule has 3 aromatic heterocycles. The van der Waals surface area contributed by atoms with Gasteiger partial charge in [0.15, 0.2) is 11.5 Å². The number of hydrogen-bond donors (Lipinski definition) is 1. The van der Waals surface area contributed by atoms with Crippen LogP contribution in [0.4, 0.5) is 10.2 Å². The Hall–Kier alpha value is -3.80. The summed E-state index contributed by atoms with van der Waals surface area (Å²) in [5.74, 6) is 0.0288. The molecule has 0 saturated heterocycles. The third-order valence-corrected chi connectivity index (χ3v) is 4.92. The van der Waals surface area contributed by atoms with Crippen LogP contribution in [-0.4, -0.2) is 19.4 Å². The highest BCUT2D eigenvalue weighted by Crippen LogP contribution is 2.34. The summed E-state index contributed by atoms with van der Waals surface area (Å²) >= 11 is 0. The van der Waals surface area contributed by atoms with E-state index in [1.807, 2.05) is 28.8 Å². The first-order valence-electron chi connectivity index (χ1n) is 8.86. The fraction of sp³-hybridized carbons (Fsp3) is 0.0455. The van der Waals surface area contributed by atoms with Gasteiger partial charge in [-0.15, -0.1) is 0 Å². The molecule has 6 heteroatoms. The van der Waals surface area contributed by atoms with E-state index >= 15 is 0 Å². The number of halogens is 1. The van der Waals surface area contributed by atoms with Crippen molar-refractivity contribution in [1.82, 2.24) is 19.4 Å². The molecule has 0 atom stereocenters. The van der Waals surface area contributed by atoms with Gasteiger partial charge in [0.05, 0.1) is 16.9 Å². The molecule has 0 fully saturated rings. The molecule has 5 aromatic rings. The first kappa shape index (κ1) is 16.4. The fourth-order valence-corrected chi connectivity index (χ4v) is 3.53. The molecule has 0 aliphatic heterocycles. The summed E-state index contributed by atoms with van der Waals surface area (Å²) in [6.07, 6.45) is 5.36. The van der Waals surface area contributed by atoms with E-state index in [-0.39, 0.29) is 5.82 Å². The van der Waals surface area contributed by atoms with Gasteiger partial charge >= 0.3 is 0 Å². The Kier molecular flexibility index (Phi) is 3.58. The number of nitrogens with two attached hydrogens (primary N) is 1. The number of imidazole rings is 1. The molecule has 0 amide bonds. The molecule has 28 heavy (non-hydrogen) atoms. The summed E-state index contributed by atoms with van der Waals surface area (Å²) in [6, 6.07) is 14.3. The van der Waals surface area contributed by atoms with Crippen LogP contribution in [0.25, 0.3) is 39.1 Å². The molecular formula is C22H16FN5. The molecule has 2 N–H and O–H groups in total. The second kappa shape index (κ2) is 6.13. The zero-order valence-electron chi connectivity index (χ0n) is 15.1. The van der Waals surface area contributed by atoms with Gasteiger partial charge in [0.1, 0.15) is 5.82 Å². The lowest BCUT2D eigenvalue weighted by atomic mass is 10.0. The van der Waals surface area contributed by atoms with Gasteiger partial charge in [0.25, 0.3) is 0 Å². The van der Waals surface area contributed by atoms with Crippen molar-refractivity contribution in [3.8, 4) is 22.5 Å². The number of fused-ring (bicyclic) bond motifs is 2. The first-order chi connectivity index (χ1) is 13.6. The monoisotopic (exact) mass is 369 g/mol. The number of rotatable bonds is 2. The predicted octanol–water partition coefficient (Wildman–Crippen LogP) is 4.64. The maximum atomic E-state index is 13.5. The molecule has 136 valence electrons. The number of aromatic nitrogens is 4. The van der Waals surface area contributed by atoms with Gasteiger partial charge in [0.2, 0.25) is 0 Å². The van der Waals surface area contributed by atoms with Crippen molar-refractivity contribution in [2.75, 3.05) is 5.73 Å². The van der Waals surface area contributed by atoms with Crippen LogP contribution in [0.3, 0.4) is 0 Å².